The third-order valence-corrected chi connectivity index (χ3v) is 5.54. The molecule has 2 aromatic rings. The maximum atomic E-state index is 4.50. The quantitative estimate of drug-likeness (QED) is 0.238. The molecule has 5 nitrogen and oxygen atoms in total. The number of aliphatic imine (C=N–C) groups is 1. The fraction of sp³-hybridized carbons (Fsp3) is 0.500. The van der Waals surface area contributed by atoms with Crippen molar-refractivity contribution in [2.75, 3.05) is 20.1 Å². The molecule has 1 aromatic heterocycles. The number of hydrogen-bond acceptors (Lipinski definition) is 2. The van der Waals surface area contributed by atoms with Crippen molar-refractivity contribution < 1.29 is 0 Å². The van der Waals surface area contributed by atoms with Gasteiger partial charge in [0.25, 0.3) is 0 Å². The Balaban J connectivity index is 0.00000261. The molecule has 7 heteroatoms. The Bertz CT molecular complexity index is 782. The Morgan fingerprint density at radius 3 is 2.63 bits per heavy atom. The number of nitrogens with one attached hydrogen (secondary N) is 2. The molecule has 1 aliphatic rings. The van der Waals surface area contributed by atoms with Crippen LogP contribution in [-0.2, 0) is 12.0 Å². The molecule has 1 fully saturated rings. The summed E-state index contributed by atoms with van der Waals surface area (Å²) in [5.41, 5.74) is 3.95. The first-order valence-corrected chi connectivity index (χ1v) is 10.0. The second-order valence-corrected chi connectivity index (χ2v) is 8.06. The van der Waals surface area contributed by atoms with Gasteiger partial charge in [-0.25, -0.2) is 0 Å². The van der Waals surface area contributed by atoms with E-state index in [1.54, 1.807) is 0 Å². The smallest absolute Gasteiger partial charge is 0.191 e. The first kappa shape index (κ1) is 22.2. The summed E-state index contributed by atoms with van der Waals surface area (Å²) in [5, 5.41) is 11.4. The van der Waals surface area contributed by atoms with Crippen LogP contribution in [0, 0.1) is 13.8 Å². The third kappa shape index (κ3) is 5.94. The number of benzene rings is 1. The van der Waals surface area contributed by atoms with E-state index in [0.29, 0.717) is 0 Å². The first-order chi connectivity index (χ1) is 12.5. The van der Waals surface area contributed by atoms with Gasteiger partial charge in [0.2, 0.25) is 0 Å². The fourth-order valence-corrected chi connectivity index (χ4v) is 3.75. The highest BCUT2D eigenvalue weighted by Crippen LogP contribution is 2.48. The second kappa shape index (κ2) is 9.91. The highest BCUT2D eigenvalue weighted by atomic mass is 127. The van der Waals surface area contributed by atoms with Gasteiger partial charge in [-0.05, 0) is 56.9 Å². The topological polar surface area (TPSA) is 54.2 Å². The van der Waals surface area contributed by atoms with Crippen molar-refractivity contribution in [1.29, 1.82) is 0 Å². The van der Waals surface area contributed by atoms with Gasteiger partial charge in [-0.2, -0.15) is 5.10 Å². The molecule has 1 saturated carbocycles. The van der Waals surface area contributed by atoms with Crippen molar-refractivity contribution in [3.05, 3.63) is 51.8 Å². The highest BCUT2D eigenvalue weighted by molar-refractivity contribution is 14.0. The summed E-state index contributed by atoms with van der Waals surface area (Å²) in [4.78, 5) is 4.36. The predicted molar refractivity (Wildman–Crippen MR) is 126 cm³/mol. The lowest BCUT2D eigenvalue weighted by Gasteiger charge is -2.19. The zero-order valence-corrected chi connectivity index (χ0v) is 20.2. The van der Waals surface area contributed by atoms with Gasteiger partial charge in [0.1, 0.15) is 0 Å². The second-order valence-electron chi connectivity index (χ2n) is 7.15. The van der Waals surface area contributed by atoms with Gasteiger partial charge >= 0.3 is 0 Å². The Labute approximate surface area is 187 Å². The summed E-state index contributed by atoms with van der Waals surface area (Å²) in [6.45, 7) is 6.85. The number of hydrogen-bond donors (Lipinski definition) is 2. The lowest BCUT2D eigenvalue weighted by atomic mass is 9.96. The van der Waals surface area contributed by atoms with E-state index in [1.807, 2.05) is 14.0 Å². The van der Waals surface area contributed by atoms with Gasteiger partial charge in [-0.3, -0.25) is 9.67 Å². The van der Waals surface area contributed by atoms with Gasteiger partial charge in [-0.15, -0.1) is 24.0 Å². The minimum absolute atomic E-state index is 0. The molecule has 2 N–H and O–H groups in total. The standard InChI is InChI=1S/C20H28BrN5.HI/c1-15-12-16(2)26(25-15)11-5-10-23-19(22-3)24-14-20(8-9-20)17-6-4-7-18(21)13-17;/h4,6-7,12-13H,5,8-11,14H2,1-3H3,(H2,22,23,24);1H. The van der Waals surface area contributed by atoms with Gasteiger partial charge < -0.3 is 10.6 Å². The van der Waals surface area contributed by atoms with Crippen LogP contribution in [0.2, 0.25) is 0 Å². The summed E-state index contributed by atoms with van der Waals surface area (Å²) in [7, 11) is 1.83. The Morgan fingerprint density at radius 1 is 1.26 bits per heavy atom. The Morgan fingerprint density at radius 2 is 2.04 bits per heavy atom. The van der Waals surface area contributed by atoms with Crippen molar-refractivity contribution in [3.8, 4) is 0 Å². The molecule has 0 atom stereocenters. The number of rotatable bonds is 7. The minimum atomic E-state index is 0. The van der Waals surface area contributed by atoms with Crippen LogP contribution in [0.5, 0.6) is 0 Å². The predicted octanol–water partition coefficient (Wildman–Crippen LogP) is 4.17. The van der Waals surface area contributed by atoms with Gasteiger partial charge in [0.15, 0.2) is 5.96 Å². The van der Waals surface area contributed by atoms with E-state index in [9.17, 15) is 0 Å². The number of nitrogens with zero attached hydrogens (tertiary/aromatic N) is 3. The van der Waals surface area contributed by atoms with E-state index >= 15 is 0 Å². The maximum absolute atomic E-state index is 4.50. The van der Waals surface area contributed by atoms with Crippen LogP contribution in [0.15, 0.2) is 39.8 Å². The third-order valence-electron chi connectivity index (χ3n) is 5.05. The van der Waals surface area contributed by atoms with Gasteiger partial charge in [-0.1, -0.05) is 28.1 Å². The van der Waals surface area contributed by atoms with Crippen LogP contribution in [0.3, 0.4) is 0 Å². The largest absolute Gasteiger partial charge is 0.356 e. The summed E-state index contributed by atoms with van der Waals surface area (Å²) >= 11 is 3.58. The van der Waals surface area contributed by atoms with Crippen LogP contribution in [0.1, 0.15) is 36.2 Å². The molecule has 0 bridgehead atoms. The molecule has 0 unspecified atom stereocenters. The fourth-order valence-electron chi connectivity index (χ4n) is 3.35. The molecule has 0 saturated heterocycles. The van der Waals surface area contributed by atoms with Crippen molar-refractivity contribution >= 4 is 45.9 Å². The van der Waals surface area contributed by atoms with E-state index in [2.05, 4.69) is 78.6 Å². The number of aryl methyl sites for hydroxylation is 3. The van der Waals surface area contributed by atoms with Crippen LogP contribution >= 0.6 is 39.9 Å². The highest BCUT2D eigenvalue weighted by Gasteiger charge is 2.44. The van der Waals surface area contributed by atoms with E-state index in [0.717, 1.165) is 42.2 Å². The molecule has 148 valence electrons. The van der Waals surface area contributed by atoms with Crippen LogP contribution in [0.25, 0.3) is 0 Å². The van der Waals surface area contributed by atoms with Gasteiger partial charge in [0.05, 0.1) is 5.69 Å². The van der Waals surface area contributed by atoms with E-state index in [-0.39, 0.29) is 29.4 Å². The molecule has 3 rings (SSSR count). The van der Waals surface area contributed by atoms with Crippen molar-refractivity contribution in [2.45, 2.75) is 45.1 Å². The van der Waals surface area contributed by atoms with E-state index < -0.39 is 0 Å². The van der Waals surface area contributed by atoms with Crippen LogP contribution in [0.4, 0.5) is 0 Å². The zero-order valence-electron chi connectivity index (χ0n) is 16.3. The lowest BCUT2D eigenvalue weighted by molar-refractivity contribution is 0.553. The molecule has 1 aromatic carbocycles. The van der Waals surface area contributed by atoms with Crippen LogP contribution in [-0.4, -0.2) is 35.9 Å². The Hall–Kier alpha value is -1.09. The Kier molecular flexibility index (Phi) is 8.15. The summed E-state index contributed by atoms with van der Waals surface area (Å²) in [5.74, 6) is 0.875. The van der Waals surface area contributed by atoms with Crippen molar-refractivity contribution in [2.24, 2.45) is 4.99 Å². The molecule has 0 amide bonds. The normalized spacial score (nSPS) is 15.2. The maximum Gasteiger partial charge on any atom is 0.191 e. The van der Waals surface area contributed by atoms with E-state index in [4.69, 9.17) is 0 Å². The average molecular weight is 546 g/mol. The minimum Gasteiger partial charge on any atom is -0.356 e. The van der Waals surface area contributed by atoms with Crippen molar-refractivity contribution in [3.63, 3.8) is 0 Å². The molecular weight excluding hydrogens is 517 g/mol. The SMILES string of the molecule is CN=C(NCCCn1nc(C)cc1C)NCC1(c2cccc(Br)c2)CC1.I. The zero-order chi connectivity index (χ0) is 18.6. The molecule has 0 radical (unpaired) electrons. The molecule has 1 heterocycles. The first-order valence-electron chi connectivity index (χ1n) is 9.24. The molecule has 0 spiro atoms. The summed E-state index contributed by atoms with van der Waals surface area (Å²) < 4.78 is 3.22. The molecular formula is C20H29BrIN5. The van der Waals surface area contributed by atoms with Crippen LogP contribution < -0.4 is 10.6 Å². The number of halogens is 2. The number of aromatic nitrogens is 2. The van der Waals surface area contributed by atoms with Gasteiger partial charge in [0, 0.05) is 42.3 Å². The lowest BCUT2D eigenvalue weighted by Crippen LogP contribution is -2.41. The van der Waals surface area contributed by atoms with E-state index in [1.165, 1.54) is 24.1 Å². The molecule has 0 aliphatic heterocycles. The van der Waals surface area contributed by atoms with Crippen molar-refractivity contribution in [1.82, 2.24) is 20.4 Å². The monoisotopic (exact) mass is 545 g/mol. The number of guanidine groups is 1. The summed E-state index contributed by atoms with van der Waals surface area (Å²) in [6.07, 6.45) is 3.47. The summed E-state index contributed by atoms with van der Waals surface area (Å²) in [6, 6.07) is 10.8. The molecule has 1 aliphatic carbocycles. The average Bonchev–Trinajstić information content (AvgIpc) is 3.34. The molecule has 27 heavy (non-hydrogen) atoms.